The molecule has 2 aromatic rings. The fourth-order valence-electron chi connectivity index (χ4n) is 2.30. The Kier molecular flexibility index (Phi) is 5.50. The van der Waals surface area contributed by atoms with E-state index in [9.17, 15) is 9.90 Å². The second-order valence-corrected chi connectivity index (χ2v) is 5.78. The molecule has 0 amide bonds. The number of hydrogen-bond acceptors (Lipinski definition) is 3. The summed E-state index contributed by atoms with van der Waals surface area (Å²) in [5.74, 6) is 0.102. The number of aryl methyl sites for hydroxylation is 2. The van der Waals surface area contributed by atoms with E-state index >= 15 is 0 Å². The van der Waals surface area contributed by atoms with Crippen molar-refractivity contribution in [1.82, 2.24) is 0 Å². The number of carbonyl (C=O) groups is 1. The average molecular weight is 335 g/mol. The van der Waals surface area contributed by atoms with Crippen LogP contribution in [0.4, 0.5) is 0 Å². The van der Waals surface area contributed by atoms with Gasteiger partial charge in [0, 0.05) is 11.4 Å². The van der Waals surface area contributed by atoms with Crippen LogP contribution in [-0.2, 0) is 11.2 Å². The van der Waals surface area contributed by atoms with Gasteiger partial charge in [0.15, 0.2) is 6.10 Å². The summed E-state index contributed by atoms with van der Waals surface area (Å²) in [5.41, 5.74) is 2.67. The first-order valence-electron chi connectivity index (χ1n) is 7.20. The Balaban J connectivity index is 2.24. The number of methoxy groups -OCH3 is 1. The van der Waals surface area contributed by atoms with E-state index in [0.29, 0.717) is 16.5 Å². The van der Waals surface area contributed by atoms with Gasteiger partial charge in [0.25, 0.3) is 0 Å². The Morgan fingerprint density at radius 1 is 1.22 bits per heavy atom. The molecule has 0 saturated carbocycles. The zero-order valence-electron chi connectivity index (χ0n) is 13.3. The highest BCUT2D eigenvalue weighted by Gasteiger charge is 2.22. The highest BCUT2D eigenvalue weighted by molar-refractivity contribution is 6.31. The number of carboxylic acid groups (broad SMARTS) is 1. The molecule has 0 aliphatic heterocycles. The van der Waals surface area contributed by atoms with Gasteiger partial charge in [-0.25, -0.2) is 4.79 Å². The maximum absolute atomic E-state index is 11.6. The van der Waals surface area contributed by atoms with Gasteiger partial charge in [-0.15, -0.1) is 0 Å². The van der Waals surface area contributed by atoms with Crippen LogP contribution in [0, 0.1) is 13.8 Å². The molecule has 1 unspecified atom stereocenters. The molecule has 5 heteroatoms. The first-order chi connectivity index (χ1) is 10.9. The van der Waals surface area contributed by atoms with Gasteiger partial charge in [0.1, 0.15) is 11.5 Å². The molecule has 122 valence electrons. The first-order valence-corrected chi connectivity index (χ1v) is 7.57. The van der Waals surface area contributed by atoms with Crippen molar-refractivity contribution in [2.45, 2.75) is 26.4 Å². The first kappa shape index (κ1) is 17.2. The minimum Gasteiger partial charge on any atom is -0.496 e. The van der Waals surface area contributed by atoms with Crippen molar-refractivity contribution in [2.24, 2.45) is 0 Å². The van der Waals surface area contributed by atoms with Crippen molar-refractivity contribution >= 4 is 17.6 Å². The van der Waals surface area contributed by atoms with Crippen LogP contribution in [0.1, 0.15) is 16.7 Å². The summed E-state index contributed by atoms with van der Waals surface area (Å²) < 4.78 is 10.9. The van der Waals surface area contributed by atoms with Crippen molar-refractivity contribution in [3.05, 3.63) is 58.1 Å². The Hall–Kier alpha value is -2.20. The van der Waals surface area contributed by atoms with E-state index in [1.165, 1.54) is 0 Å². The Labute approximate surface area is 140 Å². The minimum absolute atomic E-state index is 0.210. The standard InChI is InChI=1S/C18H19ClO4/c1-11-4-7-16(22-3)13(8-11)10-17(18(20)21)23-14-5-6-15(19)12(2)9-14/h4-9,17H,10H2,1-3H3,(H,20,21). The van der Waals surface area contributed by atoms with E-state index in [1.807, 2.05) is 32.0 Å². The zero-order valence-corrected chi connectivity index (χ0v) is 14.1. The van der Waals surface area contributed by atoms with Gasteiger partial charge >= 0.3 is 5.97 Å². The number of ether oxygens (including phenoxy) is 2. The van der Waals surface area contributed by atoms with Gasteiger partial charge in [-0.05, 0) is 49.2 Å². The quantitative estimate of drug-likeness (QED) is 0.866. The van der Waals surface area contributed by atoms with Gasteiger partial charge in [-0.1, -0.05) is 29.3 Å². The summed E-state index contributed by atoms with van der Waals surface area (Å²) in [6, 6.07) is 10.7. The third-order valence-corrected chi connectivity index (χ3v) is 3.95. The van der Waals surface area contributed by atoms with Gasteiger partial charge in [0.05, 0.1) is 7.11 Å². The van der Waals surface area contributed by atoms with Crippen LogP contribution in [-0.4, -0.2) is 24.3 Å². The lowest BCUT2D eigenvalue weighted by molar-refractivity contribution is -0.145. The van der Waals surface area contributed by atoms with E-state index in [-0.39, 0.29) is 6.42 Å². The molecule has 2 aromatic carbocycles. The molecule has 0 aliphatic rings. The Bertz CT molecular complexity index is 712. The summed E-state index contributed by atoms with van der Waals surface area (Å²) in [6.45, 7) is 3.79. The molecule has 0 radical (unpaired) electrons. The van der Waals surface area contributed by atoms with Crippen molar-refractivity contribution in [3.8, 4) is 11.5 Å². The van der Waals surface area contributed by atoms with Crippen LogP contribution in [0.3, 0.4) is 0 Å². The summed E-state index contributed by atoms with van der Waals surface area (Å²) in [7, 11) is 1.56. The van der Waals surface area contributed by atoms with E-state index in [1.54, 1.807) is 25.3 Å². The van der Waals surface area contributed by atoms with E-state index < -0.39 is 12.1 Å². The van der Waals surface area contributed by atoms with Crippen LogP contribution in [0.5, 0.6) is 11.5 Å². The van der Waals surface area contributed by atoms with Crippen LogP contribution < -0.4 is 9.47 Å². The largest absolute Gasteiger partial charge is 0.496 e. The third kappa shape index (κ3) is 4.39. The highest BCUT2D eigenvalue weighted by Crippen LogP contribution is 2.25. The van der Waals surface area contributed by atoms with E-state index in [0.717, 1.165) is 16.7 Å². The molecule has 0 fully saturated rings. The molecule has 0 spiro atoms. The van der Waals surface area contributed by atoms with Crippen LogP contribution in [0.15, 0.2) is 36.4 Å². The summed E-state index contributed by atoms with van der Waals surface area (Å²) in [6.07, 6.45) is -0.798. The normalized spacial score (nSPS) is 11.8. The molecule has 0 bridgehead atoms. The molecule has 23 heavy (non-hydrogen) atoms. The summed E-state index contributed by atoms with van der Waals surface area (Å²) in [5, 5.41) is 10.1. The topological polar surface area (TPSA) is 55.8 Å². The van der Waals surface area contributed by atoms with Gasteiger partial charge < -0.3 is 14.6 Å². The molecule has 0 heterocycles. The maximum atomic E-state index is 11.6. The van der Waals surface area contributed by atoms with Crippen molar-refractivity contribution in [1.29, 1.82) is 0 Å². The van der Waals surface area contributed by atoms with Gasteiger partial charge in [-0.2, -0.15) is 0 Å². The Morgan fingerprint density at radius 3 is 2.57 bits per heavy atom. The number of aliphatic carboxylic acids is 1. The minimum atomic E-state index is -1.03. The highest BCUT2D eigenvalue weighted by atomic mass is 35.5. The molecule has 4 nitrogen and oxygen atoms in total. The fraction of sp³-hybridized carbons (Fsp3) is 0.278. The lowest BCUT2D eigenvalue weighted by Crippen LogP contribution is -2.29. The molecule has 0 saturated heterocycles. The lowest BCUT2D eigenvalue weighted by atomic mass is 10.0. The molecular formula is C18H19ClO4. The van der Waals surface area contributed by atoms with Crippen LogP contribution in [0.25, 0.3) is 0 Å². The number of halogens is 1. The molecule has 0 aliphatic carbocycles. The maximum Gasteiger partial charge on any atom is 0.345 e. The molecule has 2 rings (SSSR count). The van der Waals surface area contributed by atoms with Crippen molar-refractivity contribution < 1.29 is 19.4 Å². The number of rotatable bonds is 6. The number of hydrogen-bond donors (Lipinski definition) is 1. The SMILES string of the molecule is COc1ccc(C)cc1CC(Oc1ccc(Cl)c(C)c1)C(=O)O. The van der Waals surface area contributed by atoms with Crippen molar-refractivity contribution in [3.63, 3.8) is 0 Å². The summed E-state index contributed by atoms with van der Waals surface area (Å²) >= 11 is 5.98. The van der Waals surface area contributed by atoms with Gasteiger partial charge in [0.2, 0.25) is 0 Å². The number of carboxylic acids is 1. The molecule has 1 N–H and O–H groups in total. The second kappa shape index (κ2) is 7.38. The summed E-state index contributed by atoms with van der Waals surface area (Å²) in [4.78, 5) is 11.6. The fourth-order valence-corrected chi connectivity index (χ4v) is 2.42. The predicted molar refractivity (Wildman–Crippen MR) is 89.7 cm³/mol. The zero-order chi connectivity index (χ0) is 17.0. The third-order valence-electron chi connectivity index (χ3n) is 3.52. The van der Waals surface area contributed by atoms with Crippen LogP contribution >= 0.6 is 11.6 Å². The predicted octanol–water partition coefficient (Wildman–Crippen LogP) is 4.04. The molecule has 0 aromatic heterocycles. The van der Waals surface area contributed by atoms with Crippen LogP contribution in [0.2, 0.25) is 5.02 Å². The average Bonchev–Trinajstić information content (AvgIpc) is 2.50. The lowest BCUT2D eigenvalue weighted by Gasteiger charge is -2.17. The van der Waals surface area contributed by atoms with E-state index in [2.05, 4.69) is 0 Å². The molecule has 1 atom stereocenters. The smallest absolute Gasteiger partial charge is 0.345 e. The Morgan fingerprint density at radius 2 is 1.96 bits per heavy atom. The second-order valence-electron chi connectivity index (χ2n) is 5.38. The van der Waals surface area contributed by atoms with Crippen molar-refractivity contribution in [2.75, 3.05) is 7.11 Å². The number of benzene rings is 2. The van der Waals surface area contributed by atoms with Gasteiger partial charge in [-0.3, -0.25) is 0 Å². The molecular weight excluding hydrogens is 316 g/mol. The monoisotopic (exact) mass is 334 g/mol. The van der Waals surface area contributed by atoms with E-state index in [4.69, 9.17) is 21.1 Å².